The van der Waals surface area contributed by atoms with Crippen molar-refractivity contribution < 1.29 is 31.7 Å². The lowest BCUT2D eigenvalue weighted by molar-refractivity contribution is -0.920. The Morgan fingerprint density at radius 2 is 1.49 bits per heavy atom. The molecule has 11 nitrogen and oxygen atoms in total. The number of piperazine rings is 1. The Morgan fingerprint density at radius 3 is 2.15 bits per heavy atom. The van der Waals surface area contributed by atoms with E-state index in [4.69, 9.17) is 8.92 Å². The van der Waals surface area contributed by atoms with Gasteiger partial charge in [0.1, 0.15) is 25.5 Å². The number of nitrogens with one attached hydrogen (secondary N) is 1. The van der Waals surface area contributed by atoms with Gasteiger partial charge in [0.25, 0.3) is 16.0 Å². The molecule has 0 saturated carbocycles. The molecule has 1 atom stereocenters. The molecule has 1 saturated heterocycles. The van der Waals surface area contributed by atoms with Gasteiger partial charge in [0.2, 0.25) is 0 Å². The molecule has 1 aliphatic heterocycles. The zero-order chi connectivity index (χ0) is 33.4. The fourth-order valence-electron chi connectivity index (χ4n) is 5.29. The van der Waals surface area contributed by atoms with Crippen LogP contribution in [0.2, 0.25) is 0 Å². The normalized spacial score (nSPS) is 15.1. The van der Waals surface area contributed by atoms with Crippen molar-refractivity contribution in [3.8, 4) is 5.75 Å². The summed E-state index contributed by atoms with van der Waals surface area (Å²) in [5.74, 6) is -0.470. The number of hydroxylamine groups is 2. The van der Waals surface area contributed by atoms with Gasteiger partial charge in [0, 0.05) is 30.0 Å². The number of ether oxygens (including phenoxy) is 1. The number of carbonyl (C=O) groups is 2. The highest BCUT2D eigenvalue weighted by atomic mass is 32.2. The van der Waals surface area contributed by atoms with Crippen LogP contribution in [0.5, 0.6) is 5.75 Å². The van der Waals surface area contributed by atoms with E-state index in [1.54, 1.807) is 54.4 Å². The standard InChI is InChI=1S/C35H38N4O7S/c1-3-39(42,35(41)29-10-7-11-32(26-29)45-24-25-46-47(43,44)33-18-12-27(2)13-19-33)38-22-20-37(21-23-38)31-16-14-30(15-17-31)36-34(40)28-8-5-4-6-9-28/h4-19,26H,3,20-25H2,1-2H3,(H,36,40). The monoisotopic (exact) mass is 658 g/mol. The van der Waals surface area contributed by atoms with Gasteiger partial charge in [0.15, 0.2) is 0 Å². The van der Waals surface area contributed by atoms with E-state index in [0.717, 1.165) is 11.3 Å². The van der Waals surface area contributed by atoms with Crippen LogP contribution in [-0.4, -0.2) is 75.9 Å². The van der Waals surface area contributed by atoms with Crippen LogP contribution in [0.15, 0.2) is 108 Å². The Hall–Kier alpha value is -4.59. The van der Waals surface area contributed by atoms with Crippen molar-refractivity contribution in [1.82, 2.24) is 5.01 Å². The van der Waals surface area contributed by atoms with Gasteiger partial charge in [-0.2, -0.15) is 8.42 Å². The zero-order valence-electron chi connectivity index (χ0n) is 26.4. The number of anilines is 2. The van der Waals surface area contributed by atoms with Gasteiger partial charge in [-0.15, -0.1) is 5.01 Å². The lowest BCUT2D eigenvalue weighted by atomic mass is 10.2. The molecule has 1 N–H and O–H groups in total. The van der Waals surface area contributed by atoms with Crippen molar-refractivity contribution in [1.29, 1.82) is 0 Å². The molecule has 0 aromatic heterocycles. The van der Waals surface area contributed by atoms with Crippen LogP contribution in [0.25, 0.3) is 0 Å². The van der Waals surface area contributed by atoms with Gasteiger partial charge in [-0.25, -0.2) is 9.55 Å². The molecule has 0 bridgehead atoms. The lowest BCUT2D eigenvalue weighted by Crippen LogP contribution is -2.64. The van der Waals surface area contributed by atoms with Gasteiger partial charge in [-0.3, -0.25) is 8.98 Å². The summed E-state index contributed by atoms with van der Waals surface area (Å²) >= 11 is 0. The fourth-order valence-corrected chi connectivity index (χ4v) is 6.19. The van der Waals surface area contributed by atoms with E-state index in [-0.39, 0.29) is 36.1 Å². The SMILES string of the molecule is CC[N+]([O-])(C(=O)c1cccc(OCCOS(=O)(=O)c2ccc(C)cc2)c1)N1CCN(c2ccc(NC(=O)c3ccccc3)cc2)CC1. The Kier molecular flexibility index (Phi) is 10.7. The highest BCUT2D eigenvalue weighted by Gasteiger charge is 2.37. The lowest BCUT2D eigenvalue weighted by Gasteiger charge is -2.49. The smallest absolute Gasteiger partial charge is 0.365 e. The molecule has 1 heterocycles. The maximum absolute atomic E-state index is 14.0. The highest BCUT2D eigenvalue weighted by Crippen LogP contribution is 2.25. The Bertz CT molecular complexity index is 1780. The van der Waals surface area contributed by atoms with Crippen molar-refractivity contribution in [3.63, 3.8) is 0 Å². The maximum atomic E-state index is 14.0. The number of carbonyl (C=O) groups excluding carboxylic acids is 2. The molecule has 0 radical (unpaired) electrons. The number of aryl methyl sites for hydroxylation is 1. The van der Waals surface area contributed by atoms with Crippen molar-refractivity contribution in [2.75, 3.05) is 56.2 Å². The fraction of sp³-hybridized carbons (Fsp3) is 0.257. The summed E-state index contributed by atoms with van der Waals surface area (Å²) in [6, 6.07) is 29.2. The third-order valence-electron chi connectivity index (χ3n) is 7.97. The number of amides is 2. The minimum absolute atomic E-state index is 0.0183. The van der Waals surface area contributed by atoms with E-state index in [1.807, 2.05) is 49.4 Å². The van der Waals surface area contributed by atoms with Crippen LogP contribution in [-0.2, 0) is 14.3 Å². The molecule has 4 aromatic rings. The summed E-state index contributed by atoms with van der Waals surface area (Å²) in [6.45, 7) is 5.10. The minimum Gasteiger partial charge on any atom is -0.604 e. The number of hydrogen-bond donors (Lipinski definition) is 1. The number of hydrogen-bond acceptors (Lipinski definition) is 9. The molecule has 246 valence electrons. The Balaban J connectivity index is 1.14. The van der Waals surface area contributed by atoms with Crippen molar-refractivity contribution in [2.45, 2.75) is 18.7 Å². The summed E-state index contributed by atoms with van der Waals surface area (Å²) in [4.78, 5) is 28.2. The van der Waals surface area contributed by atoms with E-state index >= 15 is 0 Å². The molecule has 0 spiro atoms. The Morgan fingerprint density at radius 1 is 0.830 bits per heavy atom. The predicted molar refractivity (Wildman–Crippen MR) is 179 cm³/mol. The van der Waals surface area contributed by atoms with Gasteiger partial charge in [-0.05, 0) is 80.6 Å². The number of quaternary nitrogens is 1. The molecule has 4 aromatic carbocycles. The van der Waals surface area contributed by atoms with Crippen LogP contribution in [0.3, 0.4) is 0 Å². The molecular formula is C35H38N4O7S. The molecule has 0 aliphatic carbocycles. The number of rotatable bonds is 12. The van der Waals surface area contributed by atoms with E-state index in [2.05, 4.69) is 10.2 Å². The first kappa shape index (κ1) is 33.8. The van der Waals surface area contributed by atoms with Crippen molar-refractivity contribution in [2.24, 2.45) is 0 Å². The molecule has 5 rings (SSSR count). The molecule has 1 unspecified atom stereocenters. The van der Waals surface area contributed by atoms with Gasteiger partial charge >= 0.3 is 5.91 Å². The average Bonchev–Trinajstić information content (AvgIpc) is 3.10. The Labute approximate surface area is 275 Å². The quantitative estimate of drug-likeness (QED) is 0.0940. The van der Waals surface area contributed by atoms with Gasteiger partial charge < -0.3 is 20.2 Å². The van der Waals surface area contributed by atoms with Crippen LogP contribution in [0.1, 0.15) is 33.2 Å². The van der Waals surface area contributed by atoms with Crippen molar-refractivity contribution >= 4 is 33.3 Å². The summed E-state index contributed by atoms with van der Waals surface area (Å²) in [7, 11) is -3.93. The molecular weight excluding hydrogens is 620 g/mol. The second kappa shape index (κ2) is 14.9. The first-order valence-corrected chi connectivity index (χ1v) is 16.8. The van der Waals surface area contributed by atoms with Gasteiger partial charge in [-0.1, -0.05) is 42.0 Å². The third kappa shape index (κ3) is 8.23. The van der Waals surface area contributed by atoms with Crippen LogP contribution in [0.4, 0.5) is 11.4 Å². The summed E-state index contributed by atoms with van der Waals surface area (Å²) < 4.78 is 34.4. The first-order chi connectivity index (χ1) is 22.6. The largest absolute Gasteiger partial charge is 0.604 e. The molecule has 47 heavy (non-hydrogen) atoms. The second-order valence-corrected chi connectivity index (χ2v) is 12.7. The number of benzene rings is 4. The van der Waals surface area contributed by atoms with Crippen LogP contribution >= 0.6 is 0 Å². The average molecular weight is 659 g/mol. The maximum Gasteiger partial charge on any atom is 0.365 e. The minimum atomic E-state index is -3.93. The second-order valence-electron chi connectivity index (χ2n) is 11.1. The zero-order valence-corrected chi connectivity index (χ0v) is 27.2. The topological polar surface area (TPSA) is 128 Å². The molecule has 2 amide bonds. The van der Waals surface area contributed by atoms with E-state index < -0.39 is 20.8 Å². The molecule has 1 fully saturated rings. The van der Waals surface area contributed by atoms with Crippen LogP contribution < -0.4 is 15.0 Å². The van der Waals surface area contributed by atoms with E-state index in [1.165, 1.54) is 18.2 Å². The van der Waals surface area contributed by atoms with Crippen LogP contribution in [0, 0.1) is 12.1 Å². The number of nitrogens with zero attached hydrogens (tertiary/aromatic N) is 3. The van der Waals surface area contributed by atoms with E-state index in [0.29, 0.717) is 43.2 Å². The predicted octanol–water partition coefficient (Wildman–Crippen LogP) is 5.24. The summed E-state index contributed by atoms with van der Waals surface area (Å²) in [6.07, 6.45) is 0. The first-order valence-electron chi connectivity index (χ1n) is 15.4. The molecule has 12 heteroatoms. The molecule has 1 aliphatic rings. The third-order valence-corrected chi connectivity index (χ3v) is 9.29. The summed E-state index contributed by atoms with van der Waals surface area (Å²) in [5, 5.41) is 18.5. The van der Waals surface area contributed by atoms with Crippen molar-refractivity contribution in [3.05, 3.63) is 125 Å². The van der Waals surface area contributed by atoms with Gasteiger partial charge in [0.05, 0.1) is 23.5 Å². The van der Waals surface area contributed by atoms with E-state index in [9.17, 15) is 23.2 Å². The highest BCUT2D eigenvalue weighted by molar-refractivity contribution is 7.86. The summed E-state index contributed by atoms with van der Waals surface area (Å²) in [5.41, 5.74) is 3.34.